The van der Waals surface area contributed by atoms with Crippen LogP contribution in [0.2, 0.25) is 0 Å². The summed E-state index contributed by atoms with van der Waals surface area (Å²) in [7, 11) is 0. The highest BCUT2D eigenvalue weighted by Gasteiger charge is 2.31. The van der Waals surface area contributed by atoms with Crippen molar-refractivity contribution < 1.29 is 24.2 Å². The molecule has 8 nitrogen and oxygen atoms in total. The number of carbonyl (C=O) groups excluding carboxylic acids is 2. The lowest BCUT2D eigenvalue weighted by Gasteiger charge is -2.20. The summed E-state index contributed by atoms with van der Waals surface area (Å²) in [5.74, 6) is -1.80. The van der Waals surface area contributed by atoms with Gasteiger partial charge in [-0.25, -0.2) is 14.6 Å². The van der Waals surface area contributed by atoms with Gasteiger partial charge in [-0.2, -0.15) is 0 Å². The Morgan fingerprint density at radius 3 is 2.21 bits per heavy atom. The molecule has 1 aromatic heterocycles. The number of rotatable bonds is 6. The number of carbonyl (C=O) groups is 3. The third-order valence-corrected chi connectivity index (χ3v) is 6.59. The molecule has 2 amide bonds. The van der Waals surface area contributed by atoms with Crippen LogP contribution in [-0.4, -0.2) is 40.2 Å². The van der Waals surface area contributed by atoms with Crippen molar-refractivity contribution in [3.63, 3.8) is 0 Å². The number of ether oxygens (including phenoxy) is 1. The van der Waals surface area contributed by atoms with Crippen LogP contribution in [0, 0.1) is 6.92 Å². The third kappa shape index (κ3) is 4.45. The van der Waals surface area contributed by atoms with Gasteiger partial charge in [-0.15, -0.1) is 0 Å². The summed E-state index contributed by atoms with van der Waals surface area (Å²) in [6.45, 7) is 4.55. The SMILES string of the molecule is Cc1nc(NC(=O)OCC2c3ccccc3-c3ccccc32)sc1C(=O)NC(C)(C)C(=O)O. The van der Waals surface area contributed by atoms with Crippen molar-refractivity contribution in [1.82, 2.24) is 10.3 Å². The molecule has 4 rings (SSSR count). The van der Waals surface area contributed by atoms with Crippen LogP contribution in [0.5, 0.6) is 0 Å². The molecule has 170 valence electrons. The summed E-state index contributed by atoms with van der Waals surface area (Å²) in [4.78, 5) is 40.6. The van der Waals surface area contributed by atoms with Crippen molar-refractivity contribution in [3.8, 4) is 11.1 Å². The highest BCUT2D eigenvalue weighted by Crippen LogP contribution is 2.44. The first-order chi connectivity index (χ1) is 15.7. The number of thiazole rings is 1. The van der Waals surface area contributed by atoms with E-state index in [1.54, 1.807) is 6.92 Å². The van der Waals surface area contributed by atoms with E-state index in [9.17, 15) is 19.5 Å². The van der Waals surface area contributed by atoms with Crippen molar-refractivity contribution in [3.05, 3.63) is 70.2 Å². The molecule has 1 aliphatic carbocycles. The fourth-order valence-corrected chi connectivity index (χ4v) is 4.62. The Labute approximate surface area is 194 Å². The summed E-state index contributed by atoms with van der Waals surface area (Å²) in [6, 6.07) is 16.1. The number of hydrogen-bond donors (Lipinski definition) is 3. The monoisotopic (exact) mass is 465 g/mol. The number of amides is 2. The molecule has 2 aromatic carbocycles. The van der Waals surface area contributed by atoms with Crippen LogP contribution in [-0.2, 0) is 9.53 Å². The van der Waals surface area contributed by atoms with E-state index in [1.807, 2.05) is 36.4 Å². The standard InChI is InChI=1S/C24H23N3O5S/c1-13-19(20(28)27-24(2,3)21(29)30)33-22(25-13)26-23(31)32-12-18-16-10-6-4-8-14(16)15-9-5-7-11-17(15)18/h4-11,18H,12H2,1-3H3,(H,27,28)(H,29,30)(H,25,26,31). The molecule has 1 heterocycles. The Morgan fingerprint density at radius 1 is 1.06 bits per heavy atom. The maximum atomic E-state index is 12.5. The normalized spacial score (nSPS) is 12.6. The number of carboxylic acid groups (broad SMARTS) is 1. The van der Waals surface area contributed by atoms with Crippen LogP contribution in [0.15, 0.2) is 48.5 Å². The Morgan fingerprint density at radius 2 is 1.64 bits per heavy atom. The average Bonchev–Trinajstić information content (AvgIpc) is 3.29. The number of nitrogens with zero attached hydrogens (tertiary/aromatic N) is 1. The van der Waals surface area contributed by atoms with Gasteiger partial charge in [0, 0.05) is 5.92 Å². The van der Waals surface area contributed by atoms with Gasteiger partial charge in [0.2, 0.25) is 0 Å². The highest BCUT2D eigenvalue weighted by molar-refractivity contribution is 7.17. The molecule has 3 N–H and O–H groups in total. The van der Waals surface area contributed by atoms with Gasteiger partial charge in [-0.1, -0.05) is 59.9 Å². The molecule has 1 aliphatic rings. The number of carboxylic acids is 1. The highest BCUT2D eigenvalue weighted by atomic mass is 32.1. The van der Waals surface area contributed by atoms with Crippen LogP contribution in [0.25, 0.3) is 11.1 Å². The van der Waals surface area contributed by atoms with Crippen molar-refractivity contribution in [2.75, 3.05) is 11.9 Å². The average molecular weight is 466 g/mol. The molecule has 0 atom stereocenters. The van der Waals surface area contributed by atoms with Gasteiger partial charge in [0.25, 0.3) is 5.91 Å². The fraction of sp³-hybridized carbons (Fsp3) is 0.250. The first-order valence-corrected chi connectivity index (χ1v) is 11.1. The first kappa shape index (κ1) is 22.5. The van der Waals surface area contributed by atoms with E-state index in [2.05, 4.69) is 27.8 Å². The van der Waals surface area contributed by atoms with Gasteiger partial charge < -0.3 is 15.2 Å². The Hall–Kier alpha value is -3.72. The molecule has 0 unspecified atom stereocenters. The van der Waals surface area contributed by atoms with E-state index >= 15 is 0 Å². The first-order valence-electron chi connectivity index (χ1n) is 10.3. The van der Waals surface area contributed by atoms with Crippen molar-refractivity contribution in [2.24, 2.45) is 0 Å². The molecule has 0 saturated heterocycles. The molecule has 9 heteroatoms. The van der Waals surface area contributed by atoms with E-state index in [4.69, 9.17) is 4.74 Å². The second-order valence-electron chi connectivity index (χ2n) is 8.27. The maximum Gasteiger partial charge on any atom is 0.413 e. The lowest BCUT2D eigenvalue weighted by Crippen LogP contribution is -2.49. The smallest absolute Gasteiger partial charge is 0.413 e. The lowest BCUT2D eigenvalue weighted by molar-refractivity contribution is -0.143. The quantitative estimate of drug-likeness (QED) is 0.497. The summed E-state index contributed by atoms with van der Waals surface area (Å²) < 4.78 is 5.50. The lowest BCUT2D eigenvalue weighted by atomic mass is 9.98. The molecular formula is C24H23N3O5S. The number of benzene rings is 2. The Bertz CT molecular complexity index is 1200. The minimum Gasteiger partial charge on any atom is -0.480 e. The largest absolute Gasteiger partial charge is 0.480 e. The zero-order valence-corrected chi connectivity index (χ0v) is 19.2. The van der Waals surface area contributed by atoms with E-state index in [1.165, 1.54) is 13.8 Å². The topological polar surface area (TPSA) is 118 Å². The Balaban J connectivity index is 1.42. The summed E-state index contributed by atoms with van der Waals surface area (Å²) in [5, 5.41) is 14.4. The maximum absolute atomic E-state index is 12.5. The van der Waals surface area contributed by atoms with Gasteiger partial charge >= 0.3 is 12.1 Å². The summed E-state index contributed by atoms with van der Waals surface area (Å²) in [6.07, 6.45) is -0.677. The number of anilines is 1. The molecule has 0 fully saturated rings. The predicted molar refractivity (Wildman–Crippen MR) is 125 cm³/mol. The molecule has 0 aliphatic heterocycles. The second-order valence-corrected chi connectivity index (χ2v) is 9.27. The van der Waals surface area contributed by atoms with E-state index in [-0.39, 0.29) is 22.5 Å². The number of hydrogen-bond acceptors (Lipinski definition) is 6. The molecule has 33 heavy (non-hydrogen) atoms. The van der Waals surface area contributed by atoms with E-state index in [0.717, 1.165) is 33.6 Å². The zero-order chi connectivity index (χ0) is 23.8. The Kier molecular flexibility index (Phi) is 5.90. The van der Waals surface area contributed by atoms with Crippen LogP contribution in [0.1, 0.15) is 46.3 Å². The fourth-order valence-electron chi connectivity index (χ4n) is 3.78. The number of aromatic nitrogens is 1. The molecule has 3 aromatic rings. The second kappa shape index (κ2) is 8.67. The third-order valence-electron chi connectivity index (χ3n) is 5.52. The number of aliphatic carboxylic acids is 1. The minimum atomic E-state index is -1.44. The van der Waals surface area contributed by atoms with Crippen molar-refractivity contribution in [1.29, 1.82) is 0 Å². The number of fused-ring (bicyclic) bond motifs is 3. The predicted octanol–water partition coefficient (Wildman–Crippen LogP) is 4.41. The summed E-state index contributed by atoms with van der Waals surface area (Å²) in [5.41, 5.74) is 3.43. The van der Waals surface area contributed by atoms with E-state index in [0.29, 0.717) is 5.69 Å². The van der Waals surface area contributed by atoms with Crippen LogP contribution in [0.4, 0.5) is 9.93 Å². The van der Waals surface area contributed by atoms with Crippen molar-refractivity contribution in [2.45, 2.75) is 32.2 Å². The van der Waals surface area contributed by atoms with Crippen LogP contribution >= 0.6 is 11.3 Å². The molecule has 0 bridgehead atoms. The van der Waals surface area contributed by atoms with Gasteiger partial charge in [-0.05, 0) is 43.0 Å². The van der Waals surface area contributed by atoms with Gasteiger partial charge in [-0.3, -0.25) is 10.1 Å². The molecule has 0 radical (unpaired) electrons. The molecular weight excluding hydrogens is 442 g/mol. The van der Waals surface area contributed by atoms with Gasteiger partial charge in [0.1, 0.15) is 17.0 Å². The van der Waals surface area contributed by atoms with Crippen LogP contribution < -0.4 is 10.6 Å². The van der Waals surface area contributed by atoms with E-state index < -0.39 is 23.5 Å². The van der Waals surface area contributed by atoms with Crippen LogP contribution in [0.3, 0.4) is 0 Å². The minimum absolute atomic E-state index is 0.0687. The molecule has 0 spiro atoms. The number of aryl methyl sites for hydroxylation is 1. The molecule has 0 saturated carbocycles. The summed E-state index contributed by atoms with van der Waals surface area (Å²) >= 11 is 0.956. The van der Waals surface area contributed by atoms with Gasteiger partial charge in [0.15, 0.2) is 5.13 Å². The van der Waals surface area contributed by atoms with Gasteiger partial charge in [0.05, 0.1) is 5.69 Å². The zero-order valence-electron chi connectivity index (χ0n) is 18.3. The van der Waals surface area contributed by atoms with Crippen molar-refractivity contribution >= 4 is 34.4 Å². The number of nitrogens with one attached hydrogen (secondary N) is 2.